The lowest BCUT2D eigenvalue weighted by Crippen LogP contribution is -2.19. The number of Topliss-reactive ketones (excluding diaryl/α,β-unsaturated/α-hetero) is 1. The van der Waals surface area contributed by atoms with Gasteiger partial charge in [0.25, 0.3) is 0 Å². The molecule has 1 fully saturated rings. The van der Waals surface area contributed by atoms with Crippen LogP contribution in [0.3, 0.4) is 0 Å². The molecule has 5 heteroatoms. The quantitative estimate of drug-likeness (QED) is 0.764. The minimum absolute atomic E-state index is 0.262. The highest BCUT2D eigenvalue weighted by atomic mass is 16.1. The average molecular weight is 194 g/mol. The van der Waals surface area contributed by atoms with E-state index in [1.165, 1.54) is 0 Å². The predicted octanol–water partition coefficient (Wildman–Crippen LogP) is 1.06. The molecule has 1 aromatic heterocycles. The number of ketones is 1. The number of aromatic amines is 1. The Kier molecular flexibility index (Phi) is 2.56. The van der Waals surface area contributed by atoms with Gasteiger partial charge < -0.3 is 0 Å². The van der Waals surface area contributed by atoms with Crippen molar-refractivity contribution in [1.29, 1.82) is 0 Å². The van der Waals surface area contributed by atoms with Gasteiger partial charge in [-0.25, -0.2) is 0 Å². The molecule has 1 heterocycles. The zero-order chi connectivity index (χ0) is 9.97. The van der Waals surface area contributed by atoms with Gasteiger partial charge in [-0.2, -0.15) is 5.21 Å². The van der Waals surface area contributed by atoms with Gasteiger partial charge in [-0.15, -0.1) is 10.2 Å². The lowest BCUT2D eigenvalue weighted by molar-refractivity contribution is -0.121. The maximum Gasteiger partial charge on any atom is 0.177 e. The number of tetrazole rings is 1. The average Bonchev–Trinajstić information content (AvgIpc) is 2.71. The van der Waals surface area contributed by atoms with Crippen LogP contribution in [-0.4, -0.2) is 26.4 Å². The Morgan fingerprint density at radius 3 is 2.57 bits per heavy atom. The molecule has 0 unspecified atom stereocenters. The van der Waals surface area contributed by atoms with E-state index in [0.29, 0.717) is 11.7 Å². The largest absolute Gasteiger partial charge is 0.300 e. The monoisotopic (exact) mass is 194 g/mol. The number of rotatable bonds is 2. The fourth-order valence-electron chi connectivity index (χ4n) is 2.10. The van der Waals surface area contributed by atoms with Crippen LogP contribution in [0.4, 0.5) is 0 Å². The van der Waals surface area contributed by atoms with Crippen LogP contribution >= 0.6 is 0 Å². The summed E-state index contributed by atoms with van der Waals surface area (Å²) in [6.07, 6.45) is 3.94. The van der Waals surface area contributed by atoms with E-state index in [1.54, 1.807) is 6.92 Å². The summed E-state index contributed by atoms with van der Waals surface area (Å²) in [6, 6.07) is 0. The Hall–Kier alpha value is -1.26. The highest BCUT2D eigenvalue weighted by Crippen LogP contribution is 2.33. The molecule has 1 saturated carbocycles. The van der Waals surface area contributed by atoms with Crippen molar-refractivity contribution in [3.8, 4) is 0 Å². The van der Waals surface area contributed by atoms with Crippen LogP contribution in [0.25, 0.3) is 0 Å². The molecule has 0 amide bonds. The predicted molar refractivity (Wildman–Crippen MR) is 49.6 cm³/mol. The van der Waals surface area contributed by atoms with Crippen molar-refractivity contribution in [1.82, 2.24) is 20.6 Å². The van der Waals surface area contributed by atoms with Crippen LogP contribution in [0.2, 0.25) is 0 Å². The molecular formula is C9H14N4O. The van der Waals surface area contributed by atoms with Crippen LogP contribution in [-0.2, 0) is 4.79 Å². The zero-order valence-electron chi connectivity index (χ0n) is 8.23. The first-order valence-corrected chi connectivity index (χ1v) is 5.01. The van der Waals surface area contributed by atoms with Crippen molar-refractivity contribution in [3.05, 3.63) is 5.82 Å². The standard InChI is InChI=1S/C9H14N4O/c1-6(14)7-2-4-8(5-3-7)9-10-12-13-11-9/h7-8H,2-5H2,1H3,(H,10,11,12,13). The van der Waals surface area contributed by atoms with Gasteiger partial charge in [0.1, 0.15) is 5.78 Å². The fraction of sp³-hybridized carbons (Fsp3) is 0.778. The maximum atomic E-state index is 11.1. The molecule has 2 rings (SSSR count). The molecule has 76 valence electrons. The minimum Gasteiger partial charge on any atom is -0.300 e. The van der Waals surface area contributed by atoms with Gasteiger partial charge >= 0.3 is 0 Å². The summed E-state index contributed by atoms with van der Waals surface area (Å²) in [5.74, 6) is 1.77. The van der Waals surface area contributed by atoms with Crippen LogP contribution in [0.15, 0.2) is 0 Å². The number of hydrogen-bond donors (Lipinski definition) is 1. The number of aromatic nitrogens is 4. The van der Waals surface area contributed by atoms with Gasteiger partial charge in [0.2, 0.25) is 0 Å². The van der Waals surface area contributed by atoms with E-state index >= 15 is 0 Å². The summed E-state index contributed by atoms with van der Waals surface area (Å²) in [5, 5.41) is 14.0. The zero-order valence-corrected chi connectivity index (χ0v) is 8.23. The first-order valence-electron chi connectivity index (χ1n) is 5.01. The van der Waals surface area contributed by atoms with Gasteiger partial charge in [-0.05, 0) is 32.6 Å². The van der Waals surface area contributed by atoms with E-state index in [1.807, 2.05) is 0 Å². The van der Waals surface area contributed by atoms with Crippen molar-refractivity contribution in [2.24, 2.45) is 5.92 Å². The summed E-state index contributed by atoms with van der Waals surface area (Å²) in [5.41, 5.74) is 0. The molecule has 0 bridgehead atoms. The van der Waals surface area contributed by atoms with Gasteiger partial charge in [0.15, 0.2) is 5.82 Å². The summed E-state index contributed by atoms with van der Waals surface area (Å²) in [4.78, 5) is 11.1. The van der Waals surface area contributed by atoms with E-state index in [2.05, 4.69) is 20.6 Å². The Bertz CT molecular complexity index is 301. The van der Waals surface area contributed by atoms with Crippen molar-refractivity contribution in [2.45, 2.75) is 38.5 Å². The molecule has 5 nitrogen and oxygen atoms in total. The number of nitrogens with zero attached hydrogens (tertiary/aromatic N) is 3. The molecule has 0 atom stereocenters. The molecular weight excluding hydrogens is 180 g/mol. The smallest absolute Gasteiger partial charge is 0.177 e. The molecule has 14 heavy (non-hydrogen) atoms. The topological polar surface area (TPSA) is 71.5 Å². The van der Waals surface area contributed by atoms with Crippen molar-refractivity contribution < 1.29 is 4.79 Å². The number of carbonyl (C=O) groups is 1. The van der Waals surface area contributed by atoms with E-state index in [-0.39, 0.29) is 5.92 Å². The van der Waals surface area contributed by atoms with E-state index < -0.39 is 0 Å². The van der Waals surface area contributed by atoms with Crippen LogP contribution < -0.4 is 0 Å². The van der Waals surface area contributed by atoms with Gasteiger partial charge in [0, 0.05) is 11.8 Å². The maximum absolute atomic E-state index is 11.1. The van der Waals surface area contributed by atoms with Gasteiger partial charge in [-0.3, -0.25) is 4.79 Å². The summed E-state index contributed by atoms with van der Waals surface area (Å²) in [7, 11) is 0. The highest BCUT2D eigenvalue weighted by Gasteiger charge is 2.26. The molecule has 1 aliphatic carbocycles. The number of hydrogen-bond acceptors (Lipinski definition) is 4. The molecule has 0 saturated heterocycles. The summed E-state index contributed by atoms with van der Waals surface area (Å²) < 4.78 is 0. The molecule has 1 N–H and O–H groups in total. The third-order valence-electron chi connectivity index (χ3n) is 3.03. The number of carbonyl (C=O) groups excluding carboxylic acids is 1. The third-order valence-corrected chi connectivity index (χ3v) is 3.03. The molecule has 1 aliphatic rings. The lowest BCUT2D eigenvalue weighted by Gasteiger charge is -2.24. The van der Waals surface area contributed by atoms with Crippen molar-refractivity contribution >= 4 is 5.78 Å². The molecule has 0 radical (unpaired) electrons. The van der Waals surface area contributed by atoms with Gasteiger partial charge in [-0.1, -0.05) is 5.21 Å². The Morgan fingerprint density at radius 1 is 1.36 bits per heavy atom. The molecule has 1 aromatic rings. The summed E-state index contributed by atoms with van der Waals surface area (Å²) in [6.45, 7) is 1.68. The Balaban J connectivity index is 1.93. The van der Waals surface area contributed by atoms with Crippen molar-refractivity contribution in [2.75, 3.05) is 0 Å². The lowest BCUT2D eigenvalue weighted by atomic mass is 9.80. The van der Waals surface area contributed by atoms with E-state index in [0.717, 1.165) is 31.5 Å². The second-order valence-electron chi connectivity index (χ2n) is 3.93. The summed E-state index contributed by atoms with van der Waals surface area (Å²) >= 11 is 0. The highest BCUT2D eigenvalue weighted by molar-refractivity contribution is 5.78. The van der Waals surface area contributed by atoms with E-state index in [9.17, 15) is 4.79 Å². The Labute approximate surface area is 82.3 Å². The second-order valence-corrected chi connectivity index (χ2v) is 3.93. The normalized spacial score (nSPS) is 27.5. The van der Waals surface area contributed by atoms with Gasteiger partial charge in [0.05, 0.1) is 0 Å². The fourth-order valence-corrected chi connectivity index (χ4v) is 2.10. The van der Waals surface area contributed by atoms with Crippen LogP contribution in [0.5, 0.6) is 0 Å². The molecule has 0 aromatic carbocycles. The van der Waals surface area contributed by atoms with Crippen molar-refractivity contribution in [3.63, 3.8) is 0 Å². The van der Waals surface area contributed by atoms with E-state index in [4.69, 9.17) is 0 Å². The molecule has 0 spiro atoms. The SMILES string of the molecule is CC(=O)C1CCC(c2nn[nH]n2)CC1. The first kappa shape index (κ1) is 9.30. The second kappa shape index (κ2) is 3.86. The molecule has 0 aliphatic heterocycles. The first-order chi connectivity index (χ1) is 6.77. The van der Waals surface area contributed by atoms with Crippen LogP contribution in [0, 0.1) is 5.92 Å². The minimum atomic E-state index is 0.262. The number of nitrogens with one attached hydrogen (secondary N) is 1. The third kappa shape index (κ3) is 1.81. The number of H-pyrrole nitrogens is 1. The van der Waals surface area contributed by atoms with Crippen LogP contribution in [0.1, 0.15) is 44.3 Å². The Morgan fingerprint density at radius 2 is 2.07 bits per heavy atom.